The van der Waals surface area contributed by atoms with Crippen molar-refractivity contribution in [3.63, 3.8) is 0 Å². The van der Waals surface area contributed by atoms with Crippen LogP contribution in [0.15, 0.2) is 60.8 Å². The molecule has 32 heavy (non-hydrogen) atoms. The number of aromatic nitrogens is 2. The second kappa shape index (κ2) is 10.0. The number of benzene rings is 2. The SMILES string of the molecule is CN(Cc1cn(-c2ccccc2)nc1-c1ccc(Cl)cc1)C(=O)CCCNC(=O)C1CC1. The number of nitrogens with zero attached hydrogens (tertiary/aromatic N) is 3. The van der Waals surface area contributed by atoms with Crippen LogP contribution in [0.25, 0.3) is 16.9 Å². The minimum Gasteiger partial charge on any atom is -0.356 e. The first-order valence-electron chi connectivity index (χ1n) is 10.9. The topological polar surface area (TPSA) is 67.2 Å². The third-order valence-electron chi connectivity index (χ3n) is 5.58. The van der Waals surface area contributed by atoms with Gasteiger partial charge in [0.05, 0.1) is 11.4 Å². The molecular formula is C25H27ClN4O2. The van der Waals surface area contributed by atoms with E-state index in [0.717, 1.165) is 35.3 Å². The van der Waals surface area contributed by atoms with Crippen molar-refractivity contribution >= 4 is 23.4 Å². The van der Waals surface area contributed by atoms with Crippen LogP contribution < -0.4 is 5.32 Å². The summed E-state index contributed by atoms with van der Waals surface area (Å²) in [5, 5.41) is 8.38. The Morgan fingerprint density at radius 3 is 2.53 bits per heavy atom. The first kappa shape index (κ1) is 22.1. The van der Waals surface area contributed by atoms with Gasteiger partial charge in [-0.05, 0) is 43.5 Å². The van der Waals surface area contributed by atoms with E-state index in [2.05, 4.69) is 5.32 Å². The van der Waals surface area contributed by atoms with Crippen LogP contribution in [0.2, 0.25) is 5.02 Å². The fraction of sp³-hybridized carbons (Fsp3) is 0.320. The maximum Gasteiger partial charge on any atom is 0.223 e. The van der Waals surface area contributed by atoms with Crippen molar-refractivity contribution in [1.82, 2.24) is 20.0 Å². The Balaban J connectivity index is 1.44. The average molecular weight is 451 g/mol. The molecule has 1 N–H and O–H groups in total. The third kappa shape index (κ3) is 5.56. The van der Waals surface area contributed by atoms with Gasteiger partial charge in [-0.2, -0.15) is 5.10 Å². The highest BCUT2D eigenvalue weighted by molar-refractivity contribution is 6.30. The lowest BCUT2D eigenvalue weighted by Crippen LogP contribution is -2.29. The number of hydrogen-bond acceptors (Lipinski definition) is 3. The molecule has 166 valence electrons. The molecule has 1 heterocycles. The van der Waals surface area contributed by atoms with Gasteiger partial charge in [0.1, 0.15) is 0 Å². The highest BCUT2D eigenvalue weighted by atomic mass is 35.5. The zero-order chi connectivity index (χ0) is 22.5. The van der Waals surface area contributed by atoms with Crippen molar-refractivity contribution < 1.29 is 9.59 Å². The molecule has 7 heteroatoms. The van der Waals surface area contributed by atoms with Crippen LogP contribution in [-0.2, 0) is 16.1 Å². The average Bonchev–Trinajstić information content (AvgIpc) is 3.58. The zero-order valence-corrected chi connectivity index (χ0v) is 18.9. The molecule has 0 aliphatic heterocycles. The van der Waals surface area contributed by atoms with Crippen LogP contribution in [0.4, 0.5) is 0 Å². The number of carbonyl (C=O) groups excluding carboxylic acids is 2. The summed E-state index contributed by atoms with van der Waals surface area (Å²) >= 11 is 6.06. The molecule has 0 saturated heterocycles. The number of para-hydroxylation sites is 1. The van der Waals surface area contributed by atoms with Crippen molar-refractivity contribution in [2.75, 3.05) is 13.6 Å². The molecule has 1 saturated carbocycles. The molecule has 0 spiro atoms. The normalized spacial score (nSPS) is 13.1. The monoisotopic (exact) mass is 450 g/mol. The first-order valence-corrected chi connectivity index (χ1v) is 11.3. The quantitative estimate of drug-likeness (QED) is 0.489. The summed E-state index contributed by atoms with van der Waals surface area (Å²) in [6, 6.07) is 17.4. The summed E-state index contributed by atoms with van der Waals surface area (Å²) in [5.74, 6) is 0.354. The maximum absolute atomic E-state index is 12.7. The number of rotatable bonds is 9. The summed E-state index contributed by atoms with van der Waals surface area (Å²) in [4.78, 5) is 26.1. The fourth-order valence-electron chi connectivity index (χ4n) is 3.56. The first-order chi connectivity index (χ1) is 15.5. The highest BCUT2D eigenvalue weighted by Crippen LogP contribution is 2.29. The fourth-order valence-corrected chi connectivity index (χ4v) is 3.69. The number of nitrogens with one attached hydrogen (secondary N) is 1. The molecule has 1 aliphatic carbocycles. The van der Waals surface area contributed by atoms with Crippen LogP contribution in [0.5, 0.6) is 0 Å². The largest absolute Gasteiger partial charge is 0.356 e. The van der Waals surface area contributed by atoms with Gasteiger partial charge in [-0.3, -0.25) is 9.59 Å². The van der Waals surface area contributed by atoms with Crippen LogP contribution in [0.1, 0.15) is 31.2 Å². The molecule has 0 radical (unpaired) electrons. The Labute approximate surface area is 193 Å². The number of halogens is 1. The molecule has 4 rings (SSSR count). The molecule has 1 aliphatic rings. The van der Waals surface area contributed by atoms with E-state index in [1.54, 1.807) is 11.9 Å². The Bertz CT molecular complexity index is 1080. The van der Waals surface area contributed by atoms with Gasteiger partial charge in [0.15, 0.2) is 0 Å². The molecule has 0 bridgehead atoms. The highest BCUT2D eigenvalue weighted by Gasteiger charge is 2.29. The van der Waals surface area contributed by atoms with Gasteiger partial charge < -0.3 is 10.2 Å². The number of hydrogen-bond donors (Lipinski definition) is 1. The van der Waals surface area contributed by atoms with E-state index in [4.69, 9.17) is 16.7 Å². The van der Waals surface area contributed by atoms with Gasteiger partial charge in [-0.25, -0.2) is 4.68 Å². The molecule has 3 aromatic rings. The van der Waals surface area contributed by atoms with Crippen LogP contribution in [-0.4, -0.2) is 40.1 Å². The summed E-state index contributed by atoms with van der Waals surface area (Å²) in [6.45, 7) is 0.981. The second-order valence-corrected chi connectivity index (χ2v) is 8.65. The molecule has 6 nitrogen and oxygen atoms in total. The lowest BCUT2D eigenvalue weighted by molar-refractivity contribution is -0.130. The maximum atomic E-state index is 12.7. The Morgan fingerprint density at radius 2 is 1.84 bits per heavy atom. The van der Waals surface area contributed by atoms with Crippen LogP contribution >= 0.6 is 11.6 Å². The zero-order valence-electron chi connectivity index (χ0n) is 18.1. The predicted molar refractivity (Wildman–Crippen MR) is 125 cm³/mol. The van der Waals surface area contributed by atoms with E-state index in [9.17, 15) is 9.59 Å². The van der Waals surface area contributed by atoms with Crippen LogP contribution in [0.3, 0.4) is 0 Å². The van der Waals surface area contributed by atoms with Gasteiger partial charge in [0.2, 0.25) is 11.8 Å². The third-order valence-corrected chi connectivity index (χ3v) is 5.83. The molecule has 0 unspecified atom stereocenters. The van der Waals surface area contributed by atoms with Crippen molar-refractivity contribution in [1.29, 1.82) is 0 Å². The summed E-state index contributed by atoms with van der Waals surface area (Å²) < 4.78 is 1.84. The van der Waals surface area contributed by atoms with Crippen molar-refractivity contribution in [3.05, 3.63) is 71.4 Å². The van der Waals surface area contributed by atoms with E-state index in [0.29, 0.717) is 31.0 Å². The van der Waals surface area contributed by atoms with Gasteiger partial charge in [-0.1, -0.05) is 41.9 Å². The molecule has 2 amide bonds. The smallest absolute Gasteiger partial charge is 0.223 e. The standard InChI is InChI=1S/C25H27ClN4O2/c1-29(23(31)8-5-15-27-25(32)19-9-10-19)16-20-17-30(22-6-3-2-4-7-22)28-24(20)18-11-13-21(26)14-12-18/h2-4,6-7,11-14,17,19H,5,8-10,15-16H2,1H3,(H,27,32). The van der Waals surface area contributed by atoms with Gasteiger partial charge in [0.25, 0.3) is 0 Å². The van der Waals surface area contributed by atoms with Gasteiger partial charge >= 0.3 is 0 Å². The lowest BCUT2D eigenvalue weighted by Gasteiger charge is -2.17. The Kier molecular flexibility index (Phi) is 6.90. The van der Waals surface area contributed by atoms with Gasteiger partial charge in [-0.15, -0.1) is 0 Å². The minimum absolute atomic E-state index is 0.0418. The summed E-state index contributed by atoms with van der Waals surface area (Å²) in [7, 11) is 1.80. The van der Waals surface area contributed by atoms with E-state index >= 15 is 0 Å². The van der Waals surface area contributed by atoms with Crippen molar-refractivity contribution in [2.24, 2.45) is 5.92 Å². The van der Waals surface area contributed by atoms with Crippen LogP contribution in [0, 0.1) is 5.92 Å². The molecule has 1 aromatic heterocycles. The number of amides is 2. The van der Waals surface area contributed by atoms with Crippen molar-refractivity contribution in [3.8, 4) is 16.9 Å². The molecule has 2 aromatic carbocycles. The lowest BCUT2D eigenvalue weighted by atomic mass is 10.1. The summed E-state index contributed by atoms with van der Waals surface area (Å²) in [6.07, 6.45) is 4.97. The van der Waals surface area contributed by atoms with Gasteiger partial charge in [0, 0.05) is 54.8 Å². The Hall–Kier alpha value is -3.12. The van der Waals surface area contributed by atoms with E-state index < -0.39 is 0 Å². The van der Waals surface area contributed by atoms with E-state index in [-0.39, 0.29) is 17.7 Å². The van der Waals surface area contributed by atoms with Crippen molar-refractivity contribution in [2.45, 2.75) is 32.2 Å². The minimum atomic E-state index is 0.0418. The molecule has 0 atom stereocenters. The number of carbonyl (C=O) groups is 2. The van der Waals surface area contributed by atoms with E-state index in [1.165, 1.54) is 0 Å². The van der Waals surface area contributed by atoms with E-state index in [1.807, 2.05) is 65.5 Å². The Morgan fingerprint density at radius 1 is 1.12 bits per heavy atom. The molecular weight excluding hydrogens is 424 g/mol. The summed E-state index contributed by atoms with van der Waals surface area (Å²) in [5.41, 5.74) is 3.67. The predicted octanol–water partition coefficient (Wildman–Crippen LogP) is 4.46. The molecule has 1 fully saturated rings. The second-order valence-electron chi connectivity index (χ2n) is 8.21.